The highest BCUT2D eigenvalue weighted by atomic mass is 16.6. The second-order valence-electron chi connectivity index (χ2n) is 7.89. The molecule has 0 saturated heterocycles. The Morgan fingerprint density at radius 1 is 0.933 bits per heavy atom. The maximum Gasteiger partial charge on any atom is 0.226 e. The summed E-state index contributed by atoms with van der Waals surface area (Å²) >= 11 is 0. The maximum absolute atomic E-state index is 13.4. The molecular weight excluding hydrogens is 376 g/mol. The van der Waals surface area contributed by atoms with Crippen LogP contribution in [0.5, 0.6) is 11.5 Å². The maximum atomic E-state index is 13.4. The number of nitrogens with zero attached hydrogens (tertiary/aromatic N) is 2. The van der Waals surface area contributed by atoms with Crippen molar-refractivity contribution in [3.05, 3.63) is 89.7 Å². The number of carbonyl (C=O) groups excluding carboxylic acids is 1. The van der Waals surface area contributed by atoms with Crippen molar-refractivity contribution in [1.29, 1.82) is 0 Å². The second kappa shape index (κ2) is 8.19. The summed E-state index contributed by atoms with van der Waals surface area (Å²) in [5.74, 6) is 2.07. The minimum atomic E-state index is 0.0429. The molecule has 1 aliphatic heterocycles. The lowest BCUT2D eigenvalue weighted by molar-refractivity contribution is -0.134. The zero-order valence-electron chi connectivity index (χ0n) is 16.7. The van der Waals surface area contributed by atoms with Gasteiger partial charge in [-0.3, -0.25) is 9.78 Å². The fraction of sp³-hybridized carbons (Fsp3) is 0.280. The highest BCUT2D eigenvalue weighted by molar-refractivity contribution is 5.83. The molecule has 3 aromatic rings. The Kier molecular flexibility index (Phi) is 5.10. The van der Waals surface area contributed by atoms with Gasteiger partial charge in [0.2, 0.25) is 5.91 Å². The fourth-order valence-corrected chi connectivity index (χ4v) is 4.10. The molecule has 2 aliphatic rings. The molecule has 5 heteroatoms. The summed E-state index contributed by atoms with van der Waals surface area (Å²) in [6.45, 7) is 2.19. The number of fused-ring (bicyclic) bond motifs is 1. The minimum absolute atomic E-state index is 0.0429. The Bertz CT molecular complexity index is 1020. The van der Waals surface area contributed by atoms with Crippen LogP contribution in [-0.2, 0) is 17.9 Å². The lowest BCUT2D eigenvalue weighted by atomic mass is 10.1. The van der Waals surface area contributed by atoms with Crippen LogP contribution in [0.25, 0.3) is 0 Å². The SMILES string of the molecule is O=C([C@H]1C[C@H]1c1ccccc1)N(Cc1cccnc1)Cc1ccc2c(c1)OCCO2. The Morgan fingerprint density at radius 3 is 2.53 bits per heavy atom. The van der Waals surface area contributed by atoms with E-state index in [0.717, 1.165) is 29.0 Å². The van der Waals surface area contributed by atoms with Crippen LogP contribution >= 0.6 is 0 Å². The van der Waals surface area contributed by atoms with Crippen molar-refractivity contribution in [2.75, 3.05) is 13.2 Å². The van der Waals surface area contributed by atoms with E-state index in [9.17, 15) is 4.79 Å². The third-order valence-corrected chi connectivity index (χ3v) is 5.72. The van der Waals surface area contributed by atoms with Crippen LogP contribution in [0.2, 0.25) is 0 Å². The smallest absolute Gasteiger partial charge is 0.226 e. The molecule has 0 N–H and O–H groups in total. The monoisotopic (exact) mass is 400 g/mol. The lowest BCUT2D eigenvalue weighted by Crippen LogP contribution is -2.32. The number of amides is 1. The first-order valence-electron chi connectivity index (χ1n) is 10.4. The second-order valence-corrected chi connectivity index (χ2v) is 7.89. The van der Waals surface area contributed by atoms with Gasteiger partial charge in [0.05, 0.1) is 0 Å². The zero-order chi connectivity index (χ0) is 20.3. The van der Waals surface area contributed by atoms with Crippen molar-refractivity contribution in [2.45, 2.75) is 25.4 Å². The van der Waals surface area contributed by atoms with Gasteiger partial charge in [0.15, 0.2) is 11.5 Å². The molecule has 2 aromatic carbocycles. The van der Waals surface area contributed by atoms with Gasteiger partial charge in [-0.1, -0.05) is 42.5 Å². The van der Waals surface area contributed by atoms with Crippen LogP contribution in [0.15, 0.2) is 73.1 Å². The molecular formula is C25H24N2O3. The van der Waals surface area contributed by atoms with Crippen LogP contribution in [0.3, 0.4) is 0 Å². The summed E-state index contributed by atoms with van der Waals surface area (Å²) in [6, 6.07) is 20.2. The van der Waals surface area contributed by atoms with Crippen molar-refractivity contribution >= 4 is 5.91 Å². The standard InChI is InChI=1S/C25H24N2O3/c28-25(22-14-21(22)20-6-2-1-3-7-20)27(17-19-5-4-10-26-15-19)16-18-8-9-23-24(13-18)30-12-11-29-23/h1-10,13,15,21-22H,11-12,14,16-17H2/t21-,22-/m0/s1. The average Bonchev–Trinajstić information content (AvgIpc) is 3.60. The molecule has 0 radical (unpaired) electrons. The van der Waals surface area contributed by atoms with Crippen LogP contribution in [-0.4, -0.2) is 29.0 Å². The molecule has 30 heavy (non-hydrogen) atoms. The molecule has 1 fully saturated rings. The molecule has 5 nitrogen and oxygen atoms in total. The Hall–Kier alpha value is -3.34. The summed E-state index contributed by atoms with van der Waals surface area (Å²) < 4.78 is 11.3. The van der Waals surface area contributed by atoms with Crippen molar-refractivity contribution in [3.8, 4) is 11.5 Å². The normalized spacial score (nSPS) is 19.2. The van der Waals surface area contributed by atoms with E-state index in [0.29, 0.717) is 32.2 Å². The molecule has 1 aromatic heterocycles. The molecule has 2 atom stereocenters. The fourth-order valence-electron chi connectivity index (χ4n) is 4.10. The van der Waals surface area contributed by atoms with E-state index in [1.165, 1.54) is 5.56 Å². The summed E-state index contributed by atoms with van der Waals surface area (Å²) in [7, 11) is 0. The highest BCUT2D eigenvalue weighted by Gasteiger charge is 2.45. The van der Waals surface area contributed by atoms with Crippen LogP contribution in [0.4, 0.5) is 0 Å². The molecule has 1 saturated carbocycles. The molecule has 0 spiro atoms. The van der Waals surface area contributed by atoms with Crippen LogP contribution in [0.1, 0.15) is 29.0 Å². The van der Waals surface area contributed by atoms with E-state index in [-0.39, 0.29) is 11.8 Å². The molecule has 0 bridgehead atoms. The molecule has 0 unspecified atom stereocenters. The van der Waals surface area contributed by atoms with Gasteiger partial charge in [-0.05, 0) is 47.2 Å². The summed E-state index contributed by atoms with van der Waals surface area (Å²) in [4.78, 5) is 19.6. The van der Waals surface area contributed by atoms with Crippen molar-refractivity contribution < 1.29 is 14.3 Å². The van der Waals surface area contributed by atoms with E-state index in [4.69, 9.17) is 9.47 Å². The van der Waals surface area contributed by atoms with E-state index in [2.05, 4.69) is 17.1 Å². The number of hydrogen-bond acceptors (Lipinski definition) is 4. The first-order valence-corrected chi connectivity index (χ1v) is 10.4. The summed E-state index contributed by atoms with van der Waals surface area (Å²) in [5.41, 5.74) is 3.31. The van der Waals surface area contributed by atoms with Gasteiger partial charge in [0, 0.05) is 31.4 Å². The average molecular weight is 400 g/mol. The molecule has 1 amide bonds. The summed E-state index contributed by atoms with van der Waals surface area (Å²) in [6.07, 6.45) is 4.49. The Labute approximate surface area is 176 Å². The van der Waals surface area contributed by atoms with Crippen molar-refractivity contribution in [3.63, 3.8) is 0 Å². The topological polar surface area (TPSA) is 51.7 Å². The number of hydrogen-bond donors (Lipinski definition) is 0. The third-order valence-electron chi connectivity index (χ3n) is 5.72. The summed E-state index contributed by atoms with van der Waals surface area (Å²) in [5, 5.41) is 0. The highest BCUT2D eigenvalue weighted by Crippen LogP contribution is 2.48. The first kappa shape index (κ1) is 18.7. The Morgan fingerprint density at radius 2 is 1.73 bits per heavy atom. The number of ether oxygens (including phenoxy) is 2. The lowest BCUT2D eigenvalue weighted by Gasteiger charge is -2.25. The van der Waals surface area contributed by atoms with Gasteiger partial charge in [0.25, 0.3) is 0 Å². The van der Waals surface area contributed by atoms with Crippen molar-refractivity contribution in [1.82, 2.24) is 9.88 Å². The Balaban J connectivity index is 1.36. The van der Waals surface area contributed by atoms with Crippen molar-refractivity contribution in [2.24, 2.45) is 5.92 Å². The van der Waals surface area contributed by atoms with E-state index < -0.39 is 0 Å². The third kappa shape index (κ3) is 4.01. The van der Waals surface area contributed by atoms with Gasteiger partial charge in [0.1, 0.15) is 13.2 Å². The molecule has 2 heterocycles. The number of pyridine rings is 1. The predicted octanol–water partition coefficient (Wildman–Crippen LogP) is 4.19. The molecule has 1 aliphatic carbocycles. The largest absolute Gasteiger partial charge is 0.486 e. The van der Waals surface area contributed by atoms with Crippen LogP contribution < -0.4 is 9.47 Å². The molecule has 152 valence electrons. The first-order chi connectivity index (χ1) is 14.8. The number of aromatic nitrogens is 1. The zero-order valence-corrected chi connectivity index (χ0v) is 16.7. The molecule has 5 rings (SSSR count). The van der Waals surface area contributed by atoms with E-state index >= 15 is 0 Å². The predicted molar refractivity (Wildman–Crippen MR) is 113 cm³/mol. The van der Waals surface area contributed by atoms with Crippen LogP contribution in [0, 0.1) is 5.92 Å². The van der Waals surface area contributed by atoms with Gasteiger partial charge >= 0.3 is 0 Å². The van der Waals surface area contributed by atoms with Gasteiger partial charge in [-0.2, -0.15) is 0 Å². The van der Waals surface area contributed by atoms with Gasteiger partial charge < -0.3 is 14.4 Å². The quantitative estimate of drug-likeness (QED) is 0.623. The van der Waals surface area contributed by atoms with Gasteiger partial charge in [-0.25, -0.2) is 0 Å². The van der Waals surface area contributed by atoms with Gasteiger partial charge in [-0.15, -0.1) is 0 Å². The minimum Gasteiger partial charge on any atom is -0.486 e. The van der Waals surface area contributed by atoms with E-state index in [1.54, 1.807) is 6.20 Å². The van der Waals surface area contributed by atoms with E-state index in [1.807, 2.05) is 59.6 Å². The number of rotatable bonds is 6. The number of benzene rings is 2. The number of carbonyl (C=O) groups is 1.